The van der Waals surface area contributed by atoms with E-state index in [1.165, 1.54) is 21.9 Å². The van der Waals surface area contributed by atoms with Gasteiger partial charge in [-0.3, -0.25) is 4.98 Å². The Balaban J connectivity index is 1.87. The first kappa shape index (κ1) is 14.7. The standard InChI is InChI=1S/C20H21NSi/c1-22(2,3)19-13-14-20(21-15-19)18-11-9-17(10-12-18)16-7-5-4-6-8-16/h4-15H,1-3H3. The van der Waals surface area contributed by atoms with Gasteiger partial charge in [0.1, 0.15) is 0 Å². The molecule has 1 heterocycles. The summed E-state index contributed by atoms with van der Waals surface area (Å²) in [5.41, 5.74) is 4.70. The first-order valence-electron chi connectivity index (χ1n) is 7.66. The average molecular weight is 303 g/mol. The summed E-state index contributed by atoms with van der Waals surface area (Å²) in [6.45, 7) is 7.04. The molecule has 0 N–H and O–H groups in total. The molecular formula is C20H21NSi. The highest BCUT2D eigenvalue weighted by atomic mass is 28.3. The second kappa shape index (κ2) is 5.89. The van der Waals surface area contributed by atoms with Crippen LogP contribution >= 0.6 is 0 Å². The molecule has 0 radical (unpaired) electrons. The lowest BCUT2D eigenvalue weighted by Gasteiger charge is -2.16. The molecule has 0 unspecified atom stereocenters. The fourth-order valence-electron chi connectivity index (χ4n) is 2.47. The van der Waals surface area contributed by atoms with Crippen LogP contribution in [-0.2, 0) is 0 Å². The Hall–Kier alpha value is -2.19. The number of hydrogen-bond donors (Lipinski definition) is 0. The van der Waals surface area contributed by atoms with E-state index in [0.717, 1.165) is 5.69 Å². The van der Waals surface area contributed by atoms with Crippen molar-refractivity contribution in [1.29, 1.82) is 0 Å². The summed E-state index contributed by atoms with van der Waals surface area (Å²) in [6, 6.07) is 23.5. The topological polar surface area (TPSA) is 12.9 Å². The van der Waals surface area contributed by atoms with Crippen LogP contribution in [0.4, 0.5) is 0 Å². The lowest BCUT2D eigenvalue weighted by molar-refractivity contribution is 1.34. The van der Waals surface area contributed by atoms with Crippen molar-refractivity contribution in [3.8, 4) is 22.4 Å². The van der Waals surface area contributed by atoms with E-state index >= 15 is 0 Å². The molecule has 1 nitrogen and oxygen atoms in total. The van der Waals surface area contributed by atoms with Crippen LogP contribution in [0.25, 0.3) is 22.4 Å². The Bertz CT molecular complexity index is 738. The van der Waals surface area contributed by atoms with Crippen LogP contribution < -0.4 is 5.19 Å². The van der Waals surface area contributed by atoms with Gasteiger partial charge in [0.2, 0.25) is 0 Å². The van der Waals surface area contributed by atoms with Gasteiger partial charge < -0.3 is 0 Å². The highest BCUT2D eigenvalue weighted by Gasteiger charge is 2.16. The largest absolute Gasteiger partial charge is 0.256 e. The molecule has 1 aromatic heterocycles. The van der Waals surface area contributed by atoms with E-state index in [1.54, 1.807) is 0 Å². The first-order chi connectivity index (χ1) is 10.5. The molecule has 2 heteroatoms. The molecule has 0 saturated carbocycles. The van der Waals surface area contributed by atoms with Crippen LogP contribution in [0.5, 0.6) is 0 Å². The van der Waals surface area contributed by atoms with Crippen LogP contribution in [-0.4, -0.2) is 13.1 Å². The van der Waals surface area contributed by atoms with Crippen LogP contribution in [0.2, 0.25) is 19.6 Å². The van der Waals surface area contributed by atoms with Crippen LogP contribution in [0.3, 0.4) is 0 Å². The van der Waals surface area contributed by atoms with Gasteiger partial charge >= 0.3 is 0 Å². The molecule has 0 atom stereocenters. The second-order valence-electron chi connectivity index (χ2n) is 6.63. The van der Waals surface area contributed by atoms with Gasteiger partial charge in [-0.1, -0.05) is 80.3 Å². The van der Waals surface area contributed by atoms with Crippen molar-refractivity contribution >= 4 is 13.3 Å². The third-order valence-corrected chi connectivity index (χ3v) is 5.95. The number of aromatic nitrogens is 1. The van der Waals surface area contributed by atoms with E-state index in [1.807, 2.05) is 12.3 Å². The van der Waals surface area contributed by atoms with Crippen molar-refractivity contribution in [1.82, 2.24) is 4.98 Å². The number of nitrogens with zero attached hydrogens (tertiary/aromatic N) is 1. The van der Waals surface area contributed by atoms with Crippen LogP contribution in [0.15, 0.2) is 72.9 Å². The van der Waals surface area contributed by atoms with Gasteiger partial charge in [0.25, 0.3) is 0 Å². The summed E-state index contributed by atoms with van der Waals surface area (Å²) in [7, 11) is -1.27. The molecule has 0 fully saturated rings. The number of hydrogen-bond acceptors (Lipinski definition) is 1. The van der Waals surface area contributed by atoms with Crippen molar-refractivity contribution in [2.24, 2.45) is 0 Å². The van der Waals surface area contributed by atoms with E-state index < -0.39 is 8.07 Å². The van der Waals surface area contributed by atoms with E-state index in [0.29, 0.717) is 0 Å². The van der Waals surface area contributed by atoms with Crippen molar-refractivity contribution in [2.45, 2.75) is 19.6 Å². The fourth-order valence-corrected chi connectivity index (χ4v) is 3.51. The Labute approximate surface area is 133 Å². The lowest BCUT2D eigenvalue weighted by Crippen LogP contribution is -2.37. The monoisotopic (exact) mass is 303 g/mol. The van der Waals surface area contributed by atoms with E-state index in [4.69, 9.17) is 0 Å². The highest BCUT2D eigenvalue weighted by molar-refractivity contribution is 6.88. The molecule has 110 valence electrons. The zero-order valence-electron chi connectivity index (χ0n) is 13.4. The molecule has 2 aromatic carbocycles. The van der Waals surface area contributed by atoms with Gasteiger partial charge in [-0.25, -0.2) is 0 Å². The predicted molar refractivity (Wildman–Crippen MR) is 98.1 cm³/mol. The molecule has 0 aliphatic rings. The molecule has 22 heavy (non-hydrogen) atoms. The van der Waals surface area contributed by atoms with Crippen molar-refractivity contribution in [3.63, 3.8) is 0 Å². The lowest BCUT2D eigenvalue weighted by atomic mass is 10.0. The van der Waals surface area contributed by atoms with Crippen molar-refractivity contribution < 1.29 is 0 Å². The molecule has 0 amide bonds. The minimum absolute atomic E-state index is 1.04. The maximum atomic E-state index is 4.65. The third-order valence-electron chi connectivity index (χ3n) is 3.92. The molecule has 0 spiro atoms. The van der Waals surface area contributed by atoms with Gasteiger partial charge in [-0.15, -0.1) is 0 Å². The normalized spacial score (nSPS) is 11.4. The van der Waals surface area contributed by atoms with Gasteiger partial charge in [-0.2, -0.15) is 0 Å². The summed E-state index contributed by atoms with van der Waals surface area (Å²) >= 11 is 0. The smallest absolute Gasteiger partial charge is 0.0796 e. The average Bonchev–Trinajstić information content (AvgIpc) is 2.55. The Kier molecular flexibility index (Phi) is 3.95. The molecule has 0 saturated heterocycles. The number of benzene rings is 2. The van der Waals surface area contributed by atoms with Gasteiger partial charge in [0.05, 0.1) is 13.8 Å². The van der Waals surface area contributed by atoms with Gasteiger partial charge in [0.15, 0.2) is 0 Å². The maximum absolute atomic E-state index is 4.65. The quantitative estimate of drug-likeness (QED) is 0.623. The molecule has 0 bridgehead atoms. The SMILES string of the molecule is C[Si](C)(C)c1ccc(-c2ccc(-c3ccccc3)cc2)nc1. The Morgan fingerprint density at radius 1 is 0.636 bits per heavy atom. The summed E-state index contributed by atoms with van der Waals surface area (Å²) in [4.78, 5) is 4.65. The maximum Gasteiger partial charge on any atom is 0.0796 e. The summed E-state index contributed by atoms with van der Waals surface area (Å²) < 4.78 is 0. The summed E-state index contributed by atoms with van der Waals surface area (Å²) in [6.07, 6.45) is 2.05. The third kappa shape index (κ3) is 3.17. The molecular weight excluding hydrogens is 282 g/mol. The van der Waals surface area contributed by atoms with Crippen LogP contribution in [0.1, 0.15) is 0 Å². The van der Waals surface area contributed by atoms with Crippen molar-refractivity contribution in [2.75, 3.05) is 0 Å². The molecule has 3 rings (SSSR count). The Morgan fingerprint density at radius 2 is 1.23 bits per heavy atom. The first-order valence-corrected chi connectivity index (χ1v) is 11.2. The zero-order chi connectivity index (χ0) is 15.6. The second-order valence-corrected chi connectivity index (χ2v) is 11.7. The predicted octanol–water partition coefficient (Wildman–Crippen LogP) is 4.96. The minimum Gasteiger partial charge on any atom is -0.256 e. The molecule has 0 aliphatic heterocycles. The van der Waals surface area contributed by atoms with E-state index in [2.05, 4.69) is 85.3 Å². The summed E-state index contributed by atoms with van der Waals surface area (Å²) in [5, 5.41) is 1.40. The Morgan fingerprint density at radius 3 is 1.77 bits per heavy atom. The van der Waals surface area contributed by atoms with E-state index in [9.17, 15) is 0 Å². The highest BCUT2D eigenvalue weighted by Crippen LogP contribution is 2.23. The van der Waals surface area contributed by atoms with Gasteiger partial charge in [0, 0.05) is 11.8 Å². The van der Waals surface area contributed by atoms with Gasteiger partial charge in [-0.05, 0) is 22.4 Å². The molecule has 3 aromatic rings. The fraction of sp³-hybridized carbons (Fsp3) is 0.150. The summed E-state index contributed by atoms with van der Waals surface area (Å²) in [5.74, 6) is 0. The van der Waals surface area contributed by atoms with Crippen LogP contribution in [0, 0.1) is 0 Å². The zero-order valence-corrected chi connectivity index (χ0v) is 14.4. The van der Waals surface area contributed by atoms with E-state index in [-0.39, 0.29) is 0 Å². The molecule has 0 aliphatic carbocycles. The number of rotatable bonds is 3. The van der Waals surface area contributed by atoms with Crippen molar-refractivity contribution in [3.05, 3.63) is 72.9 Å². The number of pyridine rings is 1. The minimum atomic E-state index is -1.27.